The minimum Gasteiger partial charge on any atom is -0.410 e. The Morgan fingerprint density at radius 2 is 1.54 bits per heavy atom. The number of sulfone groups is 1. The highest BCUT2D eigenvalue weighted by atomic mass is 35.5. The van der Waals surface area contributed by atoms with E-state index in [2.05, 4.69) is 92.2 Å². The fourth-order valence-electron chi connectivity index (χ4n) is 8.78. The van der Waals surface area contributed by atoms with Gasteiger partial charge in [0.1, 0.15) is 5.75 Å². The lowest BCUT2D eigenvalue weighted by Gasteiger charge is -2.44. The summed E-state index contributed by atoms with van der Waals surface area (Å²) in [5.74, 6) is -0.0532. The van der Waals surface area contributed by atoms with Crippen LogP contribution in [0.3, 0.4) is 0 Å². The maximum absolute atomic E-state index is 13.8. The average Bonchev–Trinajstić information content (AvgIpc) is 3.32. The molecule has 7 rings (SSSR count). The first-order valence-electron chi connectivity index (χ1n) is 23.4. The molecule has 0 amide bonds. The van der Waals surface area contributed by atoms with Crippen LogP contribution in [-0.2, 0) is 25.4 Å². The zero-order valence-corrected chi connectivity index (χ0v) is 42.8. The van der Waals surface area contributed by atoms with E-state index in [1.54, 1.807) is 30.0 Å². The van der Waals surface area contributed by atoms with E-state index in [4.69, 9.17) is 20.8 Å². The molecule has 2 heterocycles. The van der Waals surface area contributed by atoms with E-state index in [0.717, 1.165) is 79.4 Å². The van der Waals surface area contributed by atoms with Gasteiger partial charge in [0, 0.05) is 53.1 Å². The Bertz CT molecular complexity index is 2510. The summed E-state index contributed by atoms with van der Waals surface area (Å²) in [6.07, 6.45) is 3.11. The Balaban J connectivity index is 1.01. The zero-order valence-electron chi connectivity index (χ0n) is 39.4. The number of anilines is 2. The first kappa shape index (κ1) is 50.8. The van der Waals surface area contributed by atoms with Crippen LogP contribution in [-0.4, -0.2) is 95.3 Å². The first-order valence-corrected chi connectivity index (χ1v) is 29.3. The van der Waals surface area contributed by atoms with Crippen LogP contribution in [0.2, 0.25) is 23.2 Å². The Labute approximate surface area is 408 Å². The van der Waals surface area contributed by atoms with Gasteiger partial charge < -0.3 is 14.1 Å². The van der Waals surface area contributed by atoms with E-state index < -0.39 is 29.7 Å². The third kappa shape index (κ3) is 13.4. The lowest BCUT2D eigenvalue weighted by atomic mass is 9.84. The number of carbonyl (C=O) groups excluding carboxylic acids is 1. The molecule has 2 atom stereocenters. The molecule has 0 bridgehead atoms. The monoisotopic (exact) mass is 983 g/mol. The van der Waals surface area contributed by atoms with Crippen LogP contribution >= 0.6 is 23.4 Å². The van der Waals surface area contributed by atoms with Crippen LogP contribution in [0, 0.1) is 11.8 Å². The third-order valence-electron chi connectivity index (χ3n) is 13.8. The lowest BCUT2D eigenvalue weighted by molar-refractivity contribution is 0.0283. The summed E-state index contributed by atoms with van der Waals surface area (Å²) in [4.78, 5) is 19.3. The van der Waals surface area contributed by atoms with Crippen molar-refractivity contribution >= 4 is 58.7 Å². The molecule has 5 aromatic rings. The average molecular weight is 985 g/mol. The maximum Gasteiger partial charge on any atom is 0.192 e. The fourth-order valence-corrected chi connectivity index (χ4v) is 12.5. The van der Waals surface area contributed by atoms with E-state index in [9.17, 15) is 23.6 Å². The number of ketones is 1. The molecule has 0 saturated carbocycles. The van der Waals surface area contributed by atoms with Gasteiger partial charge in [0.05, 0.1) is 29.9 Å². The highest BCUT2D eigenvalue weighted by Crippen LogP contribution is 2.46. The first-order chi connectivity index (χ1) is 32.0. The molecule has 10 nitrogen and oxygen atoms in total. The van der Waals surface area contributed by atoms with E-state index in [-0.39, 0.29) is 38.8 Å². The number of nitrogens with zero attached hydrogens (tertiary/aromatic N) is 3. The number of carbonyl (C=O) groups is 1. The largest absolute Gasteiger partial charge is 0.410 e. The molecule has 2 N–H and O–H groups in total. The minimum absolute atomic E-state index is 0.0109. The highest BCUT2D eigenvalue weighted by molar-refractivity contribution is 7.99. The number of ether oxygens (including phenoxy) is 1. The van der Waals surface area contributed by atoms with E-state index in [1.807, 2.05) is 42.5 Å². The van der Waals surface area contributed by atoms with E-state index >= 15 is 0 Å². The van der Waals surface area contributed by atoms with Crippen molar-refractivity contribution in [1.82, 2.24) is 4.90 Å². The van der Waals surface area contributed by atoms with Crippen molar-refractivity contribution < 1.29 is 32.8 Å². The number of hydrogen-bond donors (Lipinski definition) is 2. The zero-order chi connectivity index (χ0) is 47.8. The number of thioether (sulfide) groups is 1. The molecule has 2 saturated heterocycles. The molecule has 0 spiro atoms. The quantitative estimate of drug-likeness (QED) is 0.0356. The molecule has 358 valence electrons. The second-order valence-corrected chi connectivity index (χ2v) is 27.7. The second-order valence-electron chi connectivity index (χ2n) is 19.5. The number of Topliss-reactive ketones (excluding diaryl/α,β-unsaturated/α-hetero) is 1. The van der Waals surface area contributed by atoms with Gasteiger partial charge in [-0.2, -0.15) is 0 Å². The summed E-state index contributed by atoms with van der Waals surface area (Å²) in [7, 11) is -6.32. The van der Waals surface area contributed by atoms with Crippen molar-refractivity contribution in [3.05, 3.63) is 143 Å². The second kappa shape index (κ2) is 22.6. The summed E-state index contributed by atoms with van der Waals surface area (Å²) >= 11 is 8.03. The molecule has 2 aliphatic heterocycles. The molecular formula is C53H66ClN3O7S2Si. The highest BCUT2D eigenvalue weighted by Gasteiger charge is 2.42. The van der Waals surface area contributed by atoms with Crippen LogP contribution in [0.25, 0.3) is 11.1 Å². The Morgan fingerprint density at radius 1 is 0.881 bits per heavy atom. The molecule has 0 unspecified atom stereocenters. The van der Waals surface area contributed by atoms with Gasteiger partial charge in [0.15, 0.2) is 23.9 Å². The van der Waals surface area contributed by atoms with Gasteiger partial charge >= 0.3 is 0 Å². The fraction of sp³-hybridized carbons (Fsp3) is 0.415. The molecule has 14 heteroatoms. The van der Waals surface area contributed by atoms with Gasteiger partial charge in [0.2, 0.25) is 0 Å². The standard InChI is InChI=1S/C53H66ClN3O7S2Si/c1-53(2,3)67(4,5)64-52(49-14-10-9-13-48(49)40-15-20-44(54)21-16-40)42-26-29-56(30-27-42)45-22-17-41(18-23-45)51(58)38-66(61,62)47-24-19-43(50(36-47)57(59)60)35-39(25-28-55-31-33-63-34-32-55)37-65-46-11-7-6-8-12-46/h6-24,36,39,42,52,59-60H,25-35,37-38H2,1-5H3/t39-,52+/m0/s1. The van der Waals surface area contributed by atoms with Crippen molar-refractivity contribution in [2.75, 3.05) is 67.6 Å². The topological polar surface area (TPSA) is 120 Å². The SMILES string of the molecule is CC(C)(C)[Si](C)(C)O[C@@H](c1ccccc1-c1ccc(Cl)cc1)C1CCN(c2ccc(C(=O)CS(=O)(=O)c3ccc(C[C@H](CCN4CCOCC4)CSc4ccccc4)c(N(O)O)c3)cc2)CC1. The lowest BCUT2D eigenvalue weighted by Crippen LogP contribution is -2.45. The number of piperidine rings is 1. The van der Waals surface area contributed by atoms with Crippen LogP contribution in [0.15, 0.2) is 131 Å². The van der Waals surface area contributed by atoms with Gasteiger partial charge in [0.25, 0.3) is 0 Å². The number of hydrogen-bond acceptors (Lipinski definition) is 11. The van der Waals surface area contributed by atoms with Crippen molar-refractivity contribution in [3.8, 4) is 11.1 Å². The summed E-state index contributed by atoms with van der Waals surface area (Å²) < 4.78 is 40.4. The third-order valence-corrected chi connectivity index (χ3v) is 21.4. The summed E-state index contributed by atoms with van der Waals surface area (Å²) in [6.45, 7) is 17.1. The molecule has 0 aromatic heterocycles. The molecule has 2 fully saturated rings. The van der Waals surface area contributed by atoms with Gasteiger partial charge in [-0.1, -0.05) is 93.0 Å². The maximum atomic E-state index is 13.8. The number of morpholine rings is 1. The number of rotatable bonds is 19. The van der Waals surface area contributed by atoms with E-state index in [0.29, 0.717) is 35.8 Å². The molecule has 5 aromatic carbocycles. The smallest absolute Gasteiger partial charge is 0.192 e. The Hall–Kier alpha value is -4.02. The summed E-state index contributed by atoms with van der Waals surface area (Å²) in [6, 6.07) is 38.3. The predicted octanol–water partition coefficient (Wildman–Crippen LogP) is 11.9. The van der Waals surface area contributed by atoms with Gasteiger partial charge in [-0.05, 0) is 145 Å². The predicted molar refractivity (Wildman–Crippen MR) is 274 cm³/mol. The summed E-state index contributed by atoms with van der Waals surface area (Å²) in [5.41, 5.74) is 5.31. The van der Waals surface area contributed by atoms with Crippen LogP contribution in [0.4, 0.5) is 11.4 Å². The van der Waals surface area contributed by atoms with Gasteiger partial charge in [-0.25, -0.2) is 8.42 Å². The number of benzene rings is 5. The van der Waals surface area contributed by atoms with Crippen LogP contribution in [0.1, 0.15) is 67.6 Å². The Morgan fingerprint density at radius 3 is 2.19 bits per heavy atom. The van der Waals surface area contributed by atoms with Crippen molar-refractivity contribution in [2.24, 2.45) is 11.8 Å². The number of halogens is 1. The van der Waals surface area contributed by atoms with Crippen LogP contribution in [0.5, 0.6) is 0 Å². The molecule has 0 radical (unpaired) electrons. The molecule has 67 heavy (non-hydrogen) atoms. The van der Waals surface area contributed by atoms with Crippen molar-refractivity contribution in [2.45, 2.75) is 80.5 Å². The molecule has 0 aliphatic carbocycles. The van der Waals surface area contributed by atoms with Gasteiger partial charge in [-0.3, -0.25) is 20.1 Å². The normalized spacial score (nSPS) is 16.4. The molecule has 2 aliphatic rings. The van der Waals surface area contributed by atoms with Gasteiger partial charge in [-0.15, -0.1) is 17.0 Å². The van der Waals surface area contributed by atoms with E-state index in [1.165, 1.54) is 17.7 Å². The minimum atomic E-state index is -4.14. The summed E-state index contributed by atoms with van der Waals surface area (Å²) in [5, 5.41) is 21.4. The Kier molecular flexibility index (Phi) is 17.2. The van der Waals surface area contributed by atoms with Crippen molar-refractivity contribution in [3.63, 3.8) is 0 Å². The van der Waals surface area contributed by atoms with Crippen molar-refractivity contribution in [1.29, 1.82) is 0 Å². The van der Waals surface area contributed by atoms with Crippen LogP contribution < -0.4 is 10.1 Å². The molecular weight excluding hydrogens is 918 g/mol.